The number of aromatic nitrogens is 1. The average molecular weight is 497 g/mol. The van der Waals surface area contributed by atoms with E-state index in [0.717, 1.165) is 49.9 Å². The van der Waals surface area contributed by atoms with Crippen LogP contribution in [0.5, 0.6) is 0 Å². The molecule has 3 atom stereocenters. The Bertz CT molecular complexity index is 1140. The van der Waals surface area contributed by atoms with E-state index in [1.165, 1.54) is 6.07 Å². The SMILES string of the molecule is CC(C)(C(=O)NCC(N)C1C2CC3CC1CC(C(=O)Nc1ccncc1)(C3)C2)c1ccc(F)cc1F. The number of carbonyl (C=O) groups is 2. The van der Waals surface area contributed by atoms with E-state index in [1.807, 2.05) is 0 Å². The van der Waals surface area contributed by atoms with Crippen LogP contribution >= 0.6 is 0 Å². The van der Waals surface area contributed by atoms with Crippen molar-refractivity contribution in [3.05, 3.63) is 59.9 Å². The van der Waals surface area contributed by atoms with Gasteiger partial charge in [0.25, 0.3) is 0 Å². The number of carbonyl (C=O) groups excluding carboxylic acids is 2. The van der Waals surface area contributed by atoms with Gasteiger partial charge < -0.3 is 16.4 Å². The minimum Gasteiger partial charge on any atom is -0.354 e. The second-order valence-electron chi connectivity index (χ2n) is 11.6. The highest BCUT2D eigenvalue weighted by Crippen LogP contribution is 2.63. The quantitative estimate of drug-likeness (QED) is 0.536. The van der Waals surface area contributed by atoms with E-state index in [4.69, 9.17) is 5.73 Å². The van der Waals surface area contributed by atoms with Crippen LogP contribution in [-0.4, -0.2) is 29.4 Å². The second-order valence-corrected chi connectivity index (χ2v) is 11.6. The molecule has 4 N–H and O–H groups in total. The molecule has 1 heterocycles. The first kappa shape index (κ1) is 24.8. The first-order valence-corrected chi connectivity index (χ1v) is 12.8. The van der Waals surface area contributed by atoms with Gasteiger partial charge in [-0.15, -0.1) is 0 Å². The van der Waals surface area contributed by atoms with Gasteiger partial charge in [0.1, 0.15) is 11.6 Å². The number of rotatable bonds is 7. The predicted molar refractivity (Wildman–Crippen MR) is 133 cm³/mol. The first-order valence-electron chi connectivity index (χ1n) is 12.8. The van der Waals surface area contributed by atoms with Crippen molar-refractivity contribution in [1.29, 1.82) is 0 Å². The maximum atomic E-state index is 14.4. The Kier molecular flexibility index (Phi) is 6.35. The van der Waals surface area contributed by atoms with Gasteiger partial charge in [-0.05, 0) is 87.8 Å². The first-order chi connectivity index (χ1) is 17.1. The summed E-state index contributed by atoms with van der Waals surface area (Å²) in [6.45, 7) is 3.53. The van der Waals surface area contributed by atoms with Crippen molar-refractivity contribution in [2.45, 2.75) is 57.4 Å². The molecule has 4 fully saturated rings. The highest BCUT2D eigenvalue weighted by atomic mass is 19.1. The van der Waals surface area contributed by atoms with Crippen molar-refractivity contribution in [2.24, 2.45) is 34.8 Å². The Morgan fingerprint density at radius 1 is 1.11 bits per heavy atom. The number of pyridine rings is 1. The van der Waals surface area contributed by atoms with Gasteiger partial charge in [0.2, 0.25) is 11.8 Å². The van der Waals surface area contributed by atoms with E-state index in [1.54, 1.807) is 38.4 Å². The zero-order valence-electron chi connectivity index (χ0n) is 20.8. The van der Waals surface area contributed by atoms with Crippen LogP contribution in [0.2, 0.25) is 0 Å². The number of nitrogens with two attached hydrogens (primary N) is 1. The Balaban J connectivity index is 1.24. The molecule has 6 rings (SSSR count). The van der Waals surface area contributed by atoms with Crippen molar-refractivity contribution < 1.29 is 18.4 Å². The molecule has 6 nitrogen and oxygen atoms in total. The largest absolute Gasteiger partial charge is 0.354 e. The zero-order valence-corrected chi connectivity index (χ0v) is 20.8. The summed E-state index contributed by atoms with van der Waals surface area (Å²) >= 11 is 0. The number of nitrogens with zero attached hydrogens (tertiary/aromatic N) is 1. The van der Waals surface area contributed by atoms with Gasteiger partial charge >= 0.3 is 0 Å². The van der Waals surface area contributed by atoms with E-state index in [0.29, 0.717) is 17.8 Å². The highest BCUT2D eigenvalue weighted by Gasteiger charge is 2.59. The van der Waals surface area contributed by atoms with E-state index >= 15 is 0 Å². The topological polar surface area (TPSA) is 97.1 Å². The number of amides is 2. The van der Waals surface area contributed by atoms with E-state index in [2.05, 4.69) is 15.6 Å². The summed E-state index contributed by atoms with van der Waals surface area (Å²) in [6, 6.07) is 6.63. The fraction of sp³-hybridized carbons (Fsp3) is 0.536. The number of hydrogen-bond donors (Lipinski definition) is 3. The third-order valence-corrected chi connectivity index (χ3v) is 8.93. The maximum Gasteiger partial charge on any atom is 0.230 e. The van der Waals surface area contributed by atoms with Crippen LogP contribution in [0.3, 0.4) is 0 Å². The average Bonchev–Trinajstić information content (AvgIpc) is 2.82. The fourth-order valence-corrected chi connectivity index (χ4v) is 7.43. The van der Waals surface area contributed by atoms with E-state index in [-0.39, 0.29) is 41.3 Å². The monoisotopic (exact) mass is 496 g/mol. The number of anilines is 1. The van der Waals surface area contributed by atoms with Gasteiger partial charge in [-0.25, -0.2) is 8.78 Å². The minimum absolute atomic E-state index is 0.0940. The summed E-state index contributed by atoms with van der Waals surface area (Å²) in [5.74, 6) is -0.224. The summed E-state index contributed by atoms with van der Waals surface area (Å²) in [7, 11) is 0. The molecule has 4 bridgehead atoms. The van der Waals surface area contributed by atoms with Gasteiger partial charge in [0, 0.05) is 42.3 Å². The molecule has 1 aromatic carbocycles. The van der Waals surface area contributed by atoms with Crippen molar-refractivity contribution in [1.82, 2.24) is 10.3 Å². The summed E-state index contributed by atoms with van der Waals surface area (Å²) < 4.78 is 27.7. The highest BCUT2D eigenvalue weighted by molar-refractivity contribution is 5.95. The maximum absolute atomic E-state index is 14.4. The van der Waals surface area contributed by atoms with Crippen molar-refractivity contribution in [2.75, 3.05) is 11.9 Å². The molecule has 4 saturated carbocycles. The molecule has 2 amide bonds. The molecule has 0 spiro atoms. The Hall–Kier alpha value is -2.87. The number of halogens is 2. The molecule has 8 heteroatoms. The number of hydrogen-bond acceptors (Lipinski definition) is 4. The van der Waals surface area contributed by atoms with Crippen molar-refractivity contribution in [3.8, 4) is 0 Å². The normalized spacial score (nSPS) is 29.6. The molecule has 1 aromatic heterocycles. The summed E-state index contributed by atoms with van der Waals surface area (Å²) in [5.41, 5.74) is 6.06. The van der Waals surface area contributed by atoms with Crippen LogP contribution < -0.4 is 16.4 Å². The van der Waals surface area contributed by atoms with Crippen molar-refractivity contribution in [3.63, 3.8) is 0 Å². The molecular weight excluding hydrogens is 462 g/mol. The Morgan fingerprint density at radius 2 is 1.78 bits per heavy atom. The second kappa shape index (κ2) is 9.21. The third-order valence-electron chi connectivity index (χ3n) is 8.93. The smallest absolute Gasteiger partial charge is 0.230 e. The number of benzene rings is 1. The van der Waals surface area contributed by atoms with Crippen LogP contribution in [0, 0.1) is 40.7 Å². The standard InChI is InChI=1S/C28H34F2N4O2/c1-27(2,21-4-3-19(29)11-22(21)30)25(35)33-15-23(31)24-17-9-16-10-18(24)14-28(12-16,13-17)26(36)34-20-5-7-32-8-6-20/h3-8,11,16-18,23-24H,9-10,12-15,31H2,1-2H3,(H,33,35)(H,32,34,36). The molecule has 0 saturated heterocycles. The molecule has 0 aliphatic heterocycles. The van der Waals surface area contributed by atoms with Crippen LogP contribution in [0.25, 0.3) is 0 Å². The Labute approximate surface area is 210 Å². The minimum atomic E-state index is -1.17. The Morgan fingerprint density at radius 3 is 2.42 bits per heavy atom. The van der Waals surface area contributed by atoms with E-state index in [9.17, 15) is 18.4 Å². The van der Waals surface area contributed by atoms with Gasteiger partial charge in [-0.1, -0.05) is 6.07 Å². The third kappa shape index (κ3) is 4.40. The molecule has 2 aromatic rings. The van der Waals surface area contributed by atoms with Crippen molar-refractivity contribution >= 4 is 17.5 Å². The molecule has 4 aliphatic carbocycles. The summed E-state index contributed by atoms with van der Waals surface area (Å²) in [6.07, 6.45) is 8.03. The lowest BCUT2D eigenvalue weighted by Crippen LogP contribution is -2.60. The van der Waals surface area contributed by atoms with Gasteiger partial charge in [-0.3, -0.25) is 14.6 Å². The van der Waals surface area contributed by atoms with E-state index < -0.39 is 17.0 Å². The molecular formula is C28H34F2N4O2. The van der Waals surface area contributed by atoms with Gasteiger partial charge in [0.15, 0.2) is 0 Å². The summed E-state index contributed by atoms with van der Waals surface area (Å²) in [4.78, 5) is 30.4. The predicted octanol–water partition coefficient (Wildman–Crippen LogP) is 4.16. The molecule has 4 aliphatic rings. The summed E-state index contributed by atoms with van der Waals surface area (Å²) in [5, 5.41) is 6.03. The lowest BCUT2D eigenvalue weighted by molar-refractivity contribution is -0.149. The lowest BCUT2D eigenvalue weighted by atomic mass is 9.45. The molecule has 36 heavy (non-hydrogen) atoms. The van der Waals surface area contributed by atoms with Crippen LogP contribution in [-0.2, 0) is 15.0 Å². The van der Waals surface area contributed by atoms with Gasteiger partial charge in [-0.2, -0.15) is 0 Å². The molecule has 192 valence electrons. The van der Waals surface area contributed by atoms with Crippen LogP contribution in [0.4, 0.5) is 14.5 Å². The molecule has 0 radical (unpaired) electrons. The molecule has 3 unspecified atom stereocenters. The van der Waals surface area contributed by atoms with Crippen LogP contribution in [0.15, 0.2) is 42.7 Å². The zero-order chi connectivity index (χ0) is 25.7. The fourth-order valence-electron chi connectivity index (χ4n) is 7.43. The lowest BCUT2D eigenvalue weighted by Gasteiger charge is -2.60. The number of nitrogens with one attached hydrogen (secondary N) is 2. The van der Waals surface area contributed by atoms with Gasteiger partial charge in [0.05, 0.1) is 10.8 Å². The van der Waals surface area contributed by atoms with Crippen LogP contribution in [0.1, 0.15) is 51.5 Å².